The molecule has 0 unspecified atom stereocenters. The molecular formula is C25H26Cl2F3N5O2. The van der Waals surface area contributed by atoms with Crippen molar-refractivity contribution in [1.82, 2.24) is 20.0 Å². The Bertz CT molecular complexity index is 1150. The Balaban J connectivity index is 2.05. The number of carbonyl (C=O) groups excluding carboxylic acids is 2. The molecule has 1 aromatic heterocycles. The van der Waals surface area contributed by atoms with Crippen LogP contribution in [0.5, 0.6) is 0 Å². The minimum absolute atomic E-state index is 0.0475. The fourth-order valence-corrected chi connectivity index (χ4v) is 5.05. The summed E-state index contributed by atoms with van der Waals surface area (Å²) in [5, 5.41) is 15.3. The molecule has 1 aliphatic carbocycles. The highest BCUT2D eigenvalue weighted by atomic mass is 35.5. The molecule has 1 amide bonds. The fraction of sp³-hybridized carbons (Fsp3) is 0.400. The molecule has 37 heavy (non-hydrogen) atoms. The van der Waals surface area contributed by atoms with Gasteiger partial charge in [0.15, 0.2) is 5.78 Å². The Kier molecular flexibility index (Phi) is 9.67. The largest absolute Gasteiger partial charge is 0.431 e. The van der Waals surface area contributed by atoms with Crippen LogP contribution in [-0.2, 0) is 11.3 Å². The van der Waals surface area contributed by atoms with Crippen LogP contribution in [0.1, 0.15) is 48.0 Å². The van der Waals surface area contributed by atoms with Gasteiger partial charge in [0, 0.05) is 32.0 Å². The van der Waals surface area contributed by atoms with Crippen molar-refractivity contribution in [3.8, 4) is 0 Å². The van der Waals surface area contributed by atoms with Gasteiger partial charge in [-0.15, -0.1) is 0 Å². The van der Waals surface area contributed by atoms with E-state index >= 15 is 0 Å². The first-order chi connectivity index (χ1) is 17.5. The summed E-state index contributed by atoms with van der Waals surface area (Å²) in [6, 6.07) is 5.54. The number of carbonyl (C=O) groups is 2. The molecule has 1 N–H and O–H groups in total. The van der Waals surface area contributed by atoms with Gasteiger partial charge in [0.25, 0.3) is 5.91 Å². The number of amides is 1. The van der Waals surface area contributed by atoms with Gasteiger partial charge >= 0.3 is 6.18 Å². The van der Waals surface area contributed by atoms with Crippen LogP contribution in [0.4, 0.5) is 13.2 Å². The summed E-state index contributed by atoms with van der Waals surface area (Å²) in [7, 11) is 1.29. The summed E-state index contributed by atoms with van der Waals surface area (Å²) < 4.78 is 43.1. The van der Waals surface area contributed by atoms with Crippen LogP contribution in [0, 0.1) is 5.41 Å². The number of ketones is 1. The number of hydrogen-bond donors (Lipinski definition) is 1. The third-order valence-corrected chi connectivity index (χ3v) is 6.89. The van der Waals surface area contributed by atoms with Crippen molar-refractivity contribution in [2.45, 2.75) is 50.9 Å². The Hall–Kier alpha value is -2.98. The minimum atomic E-state index is -4.91. The number of Topliss-reactive ketones (excluding diaryl/α,β-unsaturated/α-hetero) is 1. The summed E-state index contributed by atoms with van der Waals surface area (Å²) in [6.07, 6.45) is 1.77. The summed E-state index contributed by atoms with van der Waals surface area (Å²) in [6.45, 7) is -0.877. The molecule has 1 heterocycles. The lowest BCUT2D eigenvalue weighted by Crippen LogP contribution is -2.43. The highest BCUT2D eigenvalue weighted by Crippen LogP contribution is 2.35. The van der Waals surface area contributed by atoms with Gasteiger partial charge in [-0.05, 0) is 36.6 Å². The van der Waals surface area contributed by atoms with Crippen LogP contribution >= 0.6 is 23.2 Å². The molecule has 1 saturated carbocycles. The minimum Gasteiger partial charge on any atom is -0.367 e. The monoisotopic (exact) mass is 555 g/mol. The number of halogens is 5. The molecule has 0 radical (unpaired) electrons. The molecule has 1 aromatic carbocycles. The van der Waals surface area contributed by atoms with Crippen LogP contribution < -0.4 is 0 Å². The Labute approximate surface area is 222 Å². The summed E-state index contributed by atoms with van der Waals surface area (Å²) in [5.41, 5.74) is -1.69. The Morgan fingerprint density at radius 3 is 2.30 bits per heavy atom. The van der Waals surface area contributed by atoms with E-state index in [1.807, 2.05) is 0 Å². The molecule has 198 valence electrons. The number of benzene rings is 1. The van der Waals surface area contributed by atoms with Crippen molar-refractivity contribution in [3.05, 3.63) is 69.1 Å². The second kappa shape index (κ2) is 12.5. The van der Waals surface area contributed by atoms with E-state index in [4.69, 9.17) is 28.6 Å². The zero-order valence-electron chi connectivity index (χ0n) is 20.1. The van der Waals surface area contributed by atoms with Gasteiger partial charge in [-0.1, -0.05) is 48.5 Å². The van der Waals surface area contributed by atoms with E-state index in [9.17, 15) is 22.8 Å². The molecule has 7 nitrogen and oxygen atoms in total. The lowest BCUT2D eigenvalue weighted by molar-refractivity contribution is -0.130. The molecule has 0 atom stereocenters. The zero-order chi connectivity index (χ0) is 27.2. The zero-order valence-corrected chi connectivity index (χ0v) is 21.6. The van der Waals surface area contributed by atoms with E-state index in [-0.39, 0.29) is 22.2 Å². The van der Waals surface area contributed by atoms with Crippen molar-refractivity contribution >= 4 is 41.1 Å². The number of allylic oxidation sites excluding steroid dienone is 1. The van der Waals surface area contributed by atoms with Gasteiger partial charge < -0.3 is 15.2 Å². The summed E-state index contributed by atoms with van der Waals surface area (Å²) in [5.74, 6) is -1.79. The quantitative estimate of drug-likeness (QED) is 0.242. The average Bonchev–Trinajstić information content (AvgIpc) is 2.86. The van der Waals surface area contributed by atoms with Gasteiger partial charge in [0.1, 0.15) is 5.70 Å². The van der Waals surface area contributed by atoms with Crippen LogP contribution in [0.2, 0.25) is 10.0 Å². The topological polar surface area (TPSA) is 90.2 Å². The molecule has 3 rings (SSSR count). The van der Waals surface area contributed by atoms with E-state index in [0.717, 1.165) is 29.1 Å². The molecule has 0 saturated heterocycles. The normalized spacial score (nSPS) is 15.1. The number of nitrogens with zero attached hydrogens (tertiary/aromatic N) is 4. The number of hydrogen-bond acceptors (Lipinski definition) is 6. The van der Waals surface area contributed by atoms with Crippen LogP contribution in [0.25, 0.3) is 0 Å². The SMILES string of the molecule is CN(C(=C(C=N)C(=O)N(CC(=O)c1c(Cl)cccc1Cl)Cc1ccnnc1)C(F)(F)F)C1CCCCC1. The fourth-order valence-electron chi connectivity index (χ4n) is 4.44. The van der Waals surface area contributed by atoms with Gasteiger partial charge in [-0.3, -0.25) is 9.59 Å². The predicted octanol–water partition coefficient (Wildman–Crippen LogP) is 5.73. The molecule has 1 fully saturated rings. The number of alkyl halides is 3. The molecule has 0 bridgehead atoms. The van der Waals surface area contributed by atoms with Gasteiger partial charge in [-0.2, -0.15) is 23.4 Å². The van der Waals surface area contributed by atoms with E-state index in [1.165, 1.54) is 37.6 Å². The van der Waals surface area contributed by atoms with Crippen LogP contribution in [0.3, 0.4) is 0 Å². The molecule has 0 spiro atoms. The summed E-state index contributed by atoms with van der Waals surface area (Å²) in [4.78, 5) is 28.8. The lowest BCUT2D eigenvalue weighted by atomic mass is 9.93. The maximum atomic E-state index is 14.4. The number of rotatable bonds is 9. The third-order valence-electron chi connectivity index (χ3n) is 6.26. The van der Waals surface area contributed by atoms with Crippen molar-refractivity contribution in [2.24, 2.45) is 0 Å². The maximum absolute atomic E-state index is 14.4. The first-order valence-corrected chi connectivity index (χ1v) is 12.4. The van der Waals surface area contributed by atoms with E-state index in [0.29, 0.717) is 24.6 Å². The van der Waals surface area contributed by atoms with Gasteiger partial charge in [0.2, 0.25) is 0 Å². The Morgan fingerprint density at radius 1 is 1.11 bits per heavy atom. The third kappa shape index (κ3) is 7.07. The second-order valence-corrected chi connectivity index (χ2v) is 9.55. The van der Waals surface area contributed by atoms with Crippen molar-refractivity contribution < 1.29 is 22.8 Å². The first kappa shape index (κ1) is 28.6. The lowest BCUT2D eigenvalue weighted by Gasteiger charge is -2.36. The number of aromatic nitrogens is 2. The second-order valence-electron chi connectivity index (χ2n) is 8.74. The van der Waals surface area contributed by atoms with Crippen molar-refractivity contribution in [1.29, 1.82) is 5.41 Å². The van der Waals surface area contributed by atoms with Gasteiger partial charge in [0.05, 0.1) is 33.9 Å². The molecule has 2 aromatic rings. The van der Waals surface area contributed by atoms with Crippen LogP contribution in [0.15, 0.2) is 47.9 Å². The van der Waals surface area contributed by atoms with E-state index in [2.05, 4.69) is 10.2 Å². The van der Waals surface area contributed by atoms with E-state index < -0.39 is 41.7 Å². The average molecular weight is 556 g/mol. The van der Waals surface area contributed by atoms with Crippen LogP contribution in [-0.4, -0.2) is 63.7 Å². The Morgan fingerprint density at radius 2 is 1.76 bits per heavy atom. The molecule has 1 aliphatic rings. The summed E-state index contributed by atoms with van der Waals surface area (Å²) >= 11 is 12.3. The van der Waals surface area contributed by atoms with Crippen molar-refractivity contribution in [3.63, 3.8) is 0 Å². The highest BCUT2D eigenvalue weighted by molar-refractivity contribution is 6.40. The van der Waals surface area contributed by atoms with Gasteiger partial charge in [-0.25, -0.2) is 0 Å². The molecule has 0 aliphatic heterocycles. The highest BCUT2D eigenvalue weighted by Gasteiger charge is 2.43. The standard InChI is InChI=1S/C25H26Cl2F3N5O2/c1-34(17-6-3-2-4-7-17)23(25(28,29)30)18(12-31)24(37)35(14-16-10-11-32-33-13-16)15-21(36)22-19(26)8-5-9-20(22)27/h5,8-13,17,31H,2-4,6-7,14-15H2,1H3. The smallest absolute Gasteiger partial charge is 0.367 e. The maximum Gasteiger partial charge on any atom is 0.431 e. The first-order valence-electron chi connectivity index (χ1n) is 11.6. The predicted molar refractivity (Wildman–Crippen MR) is 135 cm³/mol. The molecule has 12 heteroatoms. The molecular weight excluding hydrogens is 530 g/mol. The van der Waals surface area contributed by atoms with Crippen molar-refractivity contribution in [2.75, 3.05) is 13.6 Å². The number of nitrogens with one attached hydrogen (secondary N) is 1. The van der Waals surface area contributed by atoms with E-state index in [1.54, 1.807) is 6.07 Å².